The van der Waals surface area contributed by atoms with Crippen molar-refractivity contribution in [1.29, 1.82) is 0 Å². The van der Waals surface area contributed by atoms with E-state index < -0.39 is 0 Å². The summed E-state index contributed by atoms with van der Waals surface area (Å²) in [5.74, 6) is -0.0853. The summed E-state index contributed by atoms with van der Waals surface area (Å²) in [6.45, 7) is -0.118. The Morgan fingerprint density at radius 2 is 1.90 bits per heavy atom. The maximum absolute atomic E-state index is 12.0. The van der Waals surface area contributed by atoms with Gasteiger partial charge in [0.25, 0.3) is 0 Å². The minimum atomic E-state index is -0.363. The van der Waals surface area contributed by atoms with E-state index in [0.717, 1.165) is 11.1 Å². The molecule has 2 aromatic carbocycles. The van der Waals surface area contributed by atoms with Gasteiger partial charge in [-0.2, -0.15) is 0 Å². The van der Waals surface area contributed by atoms with Gasteiger partial charge in [-0.05, 0) is 29.7 Å². The van der Waals surface area contributed by atoms with Gasteiger partial charge in [0.05, 0.1) is 12.6 Å². The Morgan fingerprint density at radius 3 is 2.57 bits per heavy atom. The monoisotopic (exact) mass is 303 g/mol. The topological polar surface area (TPSA) is 49.3 Å². The molecule has 0 radical (unpaired) electrons. The number of carbonyl (C=O) groups is 1. The van der Waals surface area contributed by atoms with Crippen LogP contribution in [0.2, 0.25) is 5.02 Å². The molecule has 21 heavy (non-hydrogen) atoms. The van der Waals surface area contributed by atoms with Crippen LogP contribution < -0.4 is 5.32 Å². The predicted octanol–water partition coefficient (Wildman–Crippen LogP) is 3.12. The first-order chi connectivity index (χ1) is 10.2. The van der Waals surface area contributed by atoms with E-state index in [-0.39, 0.29) is 18.6 Å². The highest BCUT2D eigenvalue weighted by molar-refractivity contribution is 6.30. The number of rotatable bonds is 6. The molecule has 1 atom stereocenters. The average molecular weight is 304 g/mol. The molecule has 0 fully saturated rings. The molecule has 0 spiro atoms. The van der Waals surface area contributed by atoms with Gasteiger partial charge in [0.1, 0.15) is 0 Å². The van der Waals surface area contributed by atoms with E-state index in [4.69, 9.17) is 11.6 Å². The normalized spacial score (nSPS) is 11.9. The zero-order valence-electron chi connectivity index (χ0n) is 11.6. The van der Waals surface area contributed by atoms with Crippen LogP contribution in [0.4, 0.5) is 0 Å². The minimum Gasteiger partial charge on any atom is -0.394 e. The molecule has 1 amide bonds. The molecule has 0 bridgehead atoms. The first-order valence-corrected chi connectivity index (χ1v) is 7.26. The van der Waals surface area contributed by atoms with Crippen molar-refractivity contribution in [3.8, 4) is 0 Å². The Kier molecular flexibility index (Phi) is 5.78. The molecule has 0 aliphatic rings. The van der Waals surface area contributed by atoms with Gasteiger partial charge in [-0.15, -0.1) is 0 Å². The molecule has 0 aromatic heterocycles. The van der Waals surface area contributed by atoms with E-state index in [0.29, 0.717) is 17.9 Å². The molecular formula is C17H18ClNO2. The number of aryl methyl sites for hydroxylation is 1. The molecule has 4 heteroatoms. The van der Waals surface area contributed by atoms with Gasteiger partial charge < -0.3 is 10.4 Å². The summed E-state index contributed by atoms with van der Waals surface area (Å²) in [6, 6.07) is 16.6. The predicted molar refractivity (Wildman–Crippen MR) is 84.2 cm³/mol. The lowest BCUT2D eigenvalue weighted by molar-refractivity contribution is -0.122. The lowest BCUT2D eigenvalue weighted by Gasteiger charge is -2.16. The number of aliphatic hydroxyl groups excluding tert-OH is 1. The summed E-state index contributed by atoms with van der Waals surface area (Å²) in [7, 11) is 0. The van der Waals surface area contributed by atoms with Crippen LogP contribution in [0.1, 0.15) is 23.6 Å². The SMILES string of the molecule is O=C(CCc1cccc(Cl)c1)NC(CO)c1ccccc1. The van der Waals surface area contributed by atoms with Gasteiger partial charge in [0.15, 0.2) is 0 Å². The second-order valence-corrected chi connectivity index (χ2v) is 5.28. The summed E-state index contributed by atoms with van der Waals surface area (Å²) in [6.07, 6.45) is 0.989. The molecule has 1 unspecified atom stereocenters. The summed E-state index contributed by atoms with van der Waals surface area (Å²) < 4.78 is 0. The number of aliphatic hydroxyl groups is 1. The highest BCUT2D eigenvalue weighted by Crippen LogP contribution is 2.14. The van der Waals surface area contributed by atoms with Crippen LogP contribution >= 0.6 is 11.6 Å². The van der Waals surface area contributed by atoms with E-state index in [1.54, 1.807) is 0 Å². The fraction of sp³-hybridized carbons (Fsp3) is 0.235. The third kappa shape index (κ3) is 4.88. The molecule has 0 heterocycles. The first kappa shape index (κ1) is 15.5. The van der Waals surface area contributed by atoms with Gasteiger partial charge in [-0.1, -0.05) is 54.1 Å². The molecular weight excluding hydrogens is 286 g/mol. The van der Waals surface area contributed by atoms with Crippen molar-refractivity contribution in [2.75, 3.05) is 6.61 Å². The Hall–Kier alpha value is -1.84. The van der Waals surface area contributed by atoms with Crippen LogP contribution in [0.15, 0.2) is 54.6 Å². The van der Waals surface area contributed by atoms with Crippen molar-refractivity contribution in [1.82, 2.24) is 5.32 Å². The summed E-state index contributed by atoms with van der Waals surface area (Å²) in [5.41, 5.74) is 1.93. The van der Waals surface area contributed by atoms with E-state index in [2.05, 4.69) is 5.32 Å². The number of hydrogen-bond acceptors (Lipinski definition) is 2. The number of hydrogen-bond donors (Lipinski definition) is 2. The quantitative estimate of drug-likeness (QED) is 0.861. The van der Waals surface area contributed by atoms with Crippen molar-refractivity contribution in [2.24, 2.45) is 0 Å². The zero-order chi connectivity index (χ0) is 15.1. The summed E-state index contributed by atoms with van der Waals surface area (Å²) in [4.78, 5) is 12.0. The van der Waals surface area contributed by atoms with Crippen LogP contribution in [0.3, 0.4) is 0 Å². The van der Waals surface area contributed by atoms with Crippen LogP contribution in [0, 0.1) is 0 Å². The van der Waals surface area contributed by atoms with Gasteiger partial charge in [-0.25, -0.2) is 0 Å². The van der Waals surface area contributed by atoms with Gasteiger partial charge in [0.2, 0.25) is 5.91 Å². The number of benzene rings is 2. The molecule has 0 aliphatic carbocycles. The van der Waals surface area contributed by atoms with Crippen molar-refractivity contribution < 1.29 is 9.90 Å². The van der Waals surface area contributed by atoms with Crippen LogP contribution in [-0.2, 0) is 11.2 Å². The summed E-state index contributed by atoms with van der Waals surface area (Å²) in [5, 5.41) is 12.9. The lowest BCUT2D eigenvalue weighted by Crippen LogP contribution is -2.30. The number of halogens is 1. The molecule has 0 saturated heterocycles. The Labute approximate surface area is 129 Å². The lowest BCUT2D eigenvalue weighted by atomic mass is 10.1. The standard InChI is InChI=1S/C17H18ClNO2/c18-15-8-4-5-13(11-15)9-10-17(21)19-16(12-20)14-6-2-1-3-7-14/h1-8,11,16,20H,9-10,12H2,(H,19,21). The zero-order valence-corrected chi connectivity index (χ0v) is 12.4. The fourth-order valence-electron chi connectivity index (χ4n) is 2.14. The van der Waals surface area contributed by atoms with E-state index in [9.17, 15) is 9.90 Å². The van der Waals surface area contributed by atoms with Crippen molar-refractivity contribution in [3.63, 3.8) is 0 Å². The molecule has 2 N–H and O–H groups in total. The van der Waals surface area contributed by atoms with Crippen molar-refractivity contribution in [3.05, 3.63) is 70.7 Å². The van der Waals surface area contributed by atoms with E-state index in [1.807, 2.05) is 54.6 Å². The molecule has 3 nitrogen and oxygen atoms in total. The fourth-order valence-corrected chi connectivity index (χ4v) is 2.35. The molecule has 110 valence electrons. The Morgan fingerprint density at radius 1 is 1.14 bits per heavy atom. The van der Waals surface area contributed by atoms with Gasteiger partial charge in [0, 0.05) is 11.4 Å². The largest absolute Gasteiger partial charge is 0.394 e. The highest BCUT2D eigenvalue weighted by atomic mass is 35.5. The average Bonchev–Trinajstić information content (AvgIpc) is 2.51. The third-order valence-corrected chi connectivity index (χ3v) is 3.48. The Balaban J connectivity index is 1.89. The minimum absolute atomic E-state index is 0.0853. The number of nitrogens with one attached hydrogen (secondary N) is 1. The van der Waals surface area contributed by atoms with Crippen LogP contribution in [0.25, 0.3) is 0 Å². The van der Waals surface area contributed by atoms with Gasteiger partial charge >= 0.3 is 0 Å². The van der Waals surface area contributed by atoms with Crippen molar-refractivity contribution in [2.45, 2.75) is 18.9 Å². The van der Waals surface area contributed by atoms with Crippen LogP contribution in [-0.4, -0.2) is 17.6 Å². The highest BCUT2D eigenvalue weighted by Gasteiger charge is 2.13. The summed E-state index contributed by atoms with van der Waals surface area (Å²) >= 11 is 5.91. The second-order valence-electron chi connectivity index (χ2n) is 4.84. The maximum Gasteiger partial charge on any atom is 0.220 e. The number of amides is 1. The third-order valence-electron chi connectivity index (χ3n) is 3.25. The van der Waals surface area contributed by atoms with E-state index >= 15 is 0 Å². The number of carbonyl (C=O) groups excluding carboxylic acids is 1. The van der Waals surface area contributed by atoms with Gasteiger partial charge in [-0.3, -0.25) is 4.79 Å². The maximum atomic E-state index is 12.0. The molecule has 2 rings (SSSR count). The van der Waals surface area contributed by atoms with Crippen LogP contribution in [0.5, 0.6) is 0 Å². The molecule has 0 aliphatic heterocycles. The first-order valence-electron chi connectivity index (χ1n) is 6.88. The van der Waals surface area contributed by atoms with E-state index in [1.165, 1.54) is 0 Å². The smallest absolute Gasteiger partial charge is 0.220 e. The second kappa shape index (κ2) is 7.81. The Bertz CT molecular complexity index is 586. The van der Waals surface area contributed by atoms with Crippen molar-refractivity contribution >= 4 is 17.5 Å². The molecule has 2 aromatic rings. The molecule has 0 saturated carbocycles.